The van der Waals surface area contributed by atoms with E-state index < -0.39 is 16.6 Å². The zero-order valence-corrected chi connectivity index (χ0v) is 22.8. The van der Waals surface area contributed by atoms with Crippen molar-refractivity contribution >= 4 is 22.3 Å². The first-order chi connectivity index (χ1) is 14.4. The predicted octanol–water partition coefficient (Wildman–Crippen LogP) is 6.73. The minimum atomic E-state index is -1.75. The minimum Gasteiger partial charge on any atom is -0.544 e. The summed E-state index contributed by atoms with van der Waals surface area (Å²) in [6, 6.07) is 6.91. The Morgan fingerprint density at radius 1 is 0.968 bits per heavy atom. The second kappa shape index (κ2) is 7.73. The van der Waals surface area contributed by atoms with Gasteiger partial charge < -0.3 is 13.7 Å². The minimum absolute atomic E-state index is 0.0250. The van der Waals surface area contributed by atoms with E-state index in [-0.39, 0.29) is 11.0 Å². The number of benzene rings is 1. The van der Waals surface area contributed by atoms with E-state index >= 15 is 0 Å². The van der Waals surface area contributed by atoms with Crippen molar-refractivity contribution < 1.29 is 13.7 Å². The van der Waals surface area contributed by atoms with Gasteiger partial charge in [0.1, 0.15) is 12.9 Å². The molecule has 3 aliphatic carbocycles. The monoisotopic (exact) mass is 459 g/mol. The smallest absolute Gasteiger partial charge is 0.242 e. The summed E-state index contributed by atoms with van der Waals surface area (Å²) < 4.78 is 13.5. The van der Waals surface area contributed by atoms with Crippen molar-refractivity contribution in [2.24, 2.45) is 16.5 Å². The van der Waals surface area contributed by atoms with E-state index in [0.717, 1.165) is 31.4 Å². The average molecular weight is 460 g/mol. The molecule has 0 unspecified atom stereocenters. The fourth-order valence-corrected chi connectivity index (χ4v) is 9.16. The highest BCUT2D eigenvalue weighted by atomic mass is 28.4. The van der Waals surface area contributed by atoms with E-state index in [1.54, 1.807) is 7.11 Å². The molecule has 0 bridgehead atoms. The van der Waals surface area contributed by atoms with E-state index in [0.29, 0.717) is 11.8 Å². The second-order valence-corrected chi connectivity index (χ2v) is 20.9. The van der Waals surface area contributed by atoms with Crippen molar-refractivity contribution in [2.45, 2.75) is 96.2 Å². The molecule has 1 aromatic carbocycles. The Balaban J connectivity index is 1.73. The molecule has 4 nitrogen and oxygen atoms in total. The van der Waals surface area contributed by atoms with Crippen LogP contribution >= 0.6 is 0 Å². The Bertz CT molecular complexity index is 872. The summed E-state index contributed by atoms with van der Waals surface area (Å²) in [7, 11) is -1.68. The van der Waals surface area contributed by atoms with Gasteiger partial charge >= 0.3 is 0 Å². The molecule has 0 heterocycles. The van der Waals surface area contributed by atoms with Gasteiger partial charge in [-0.15, -0.1) is 0 Å². The highest BCUT2D eigenvalue weighted by Crippen LogP contribution is 2.64. The van der Waals surface area contributed by atoms with Crippen LogP contribution in [-0.4, -0.2) is 35.1 Å². The van der Waals surface area contributed by atoms with E-state index in [4.69, 9.17) is 13.7 Å². The third-order valence-electron chi connectivity index (χ3n) is 7.70. The van der Waals surface area contributed by atoms with Gasteiger partial charge in [-0.25, -0.2) is 0 Å². The van der Waals surface area contributed by atoms with Crippen LogP contribution in [-0.2, 0) is 15.7 Å². The van der Waals surface area contributed by atoms with Crippen molar-refractivity contribution in [1.82, 2.24) is 0 Å². The molecule has 2 fully saturated rings. The van der Waals surface area contributed by atoms with Gasteiger partial charge in [0.05, 0.1) is 11.3 Å². The Labute approximate surface area is 191 Å². The van der Waals surface area contributed by atoms with Crippen LogP contribution in [0, 0.1) is 11.3 Å². The van der Waals surface area contributed by atoms with Crippen LogP contribution in [0.5, 0.6) is 5.75 Å². The SMILES string of the molecule is CO/N=C1/CC[C@@]2(O[Si](C)(C)C)[C@@H]3CCc4cc(O[Si](C)(C)C)ccc4[C@H]3CC[C@]12C. The Morgan fingerprint density at radius 2 is 1.71 bits per heavy atom. The van der Waals surface area contributed by atoms with Crippen LogP contribution in [0.4, 0.5) is 0 Å². The van der Waals surface area contributed by atoms with Gasteiger partial charge in [0.15, 0.2) is 8.32 Å². The molecular weight excluding hydrogens is 418 g/mol. The van der Waals surface area contributed by atoms with Gasteiger partial charge in [0.25, 0.3) is 0 Å². The summed E-state index contributed by atoms with van der Waals surface area (Å²) >= 11 is 0. The van der Waals surface area contributed by atoms with Gasteiger partial charge in [0.2, 0.25) is 8.32 Å². The lowest BCUT2D eigenvalue weighted by atomic mass is 9.53. The molecule has 172 valence electrons. The first kappa shape index (κ1) is 23.1. The summed E-state index contributed by atoms with van der Waals surface area (Å²) in [5.41, 5.74) is 4.10. The Kier molecular flexibility index (Phi) is 5.75. The number of hydrogen-bond donors (Lipinski definition) is 0. The Morgan fingerprint density at radius 3 is 2.35 bits per heavy atom. The standard InChI is InChI=1S/C25H41NO3Si2/c1-24-15-13-21-20-11-10-19(28-30(3,4)5)17-18(20)9-12-22(21)25(24,29-31(6,7)8)16-14-23(24)26-27-2/h10-11,17,21-22H,9,12-16H2,1-8H3/b26-23-/t21-,22-,24-,25-/m1/s1. The highest BCUT2D eigenvalue weighted by Gasteiger charge is 2.65. The summed E-state index contributed by atoms with van der Waals surface area (Å²) in [5, 5.41) is 4.52. The maximum absolute atomic E-state index is 7.23. The third-order valence-corrected chi connectivity index (χ3v) is 9.52. The zero-order valence-electron chi connectivity index (χ0n) is 20.8. The van der Waals surface area contributed by atoms with E-state index in [2.05, 4.69) is 69.6 Å². The van der Waals surface area contributed by atoms with Crippen molar-refractivity contribution in [3.05, 3.63) is 29.3 Å². The molecule has 0 aliphatic heterocycles. The number of aryl methyl sites for hydroxylation is 1. The number of rotatable bonds is 5. The largest absolute Gasteiger partial charge is 0.544 e. The van der Waals surface area contributed by atoms with Crippen LogP contribution in [0.1, 0.15) is 56.1 Å². The lowest BCUT2D eigenvalue weighted by Crippen LogP contribution is -2.61. The summed E-state index contributed by atoms with van der Waals surface area (Å²) in [6.45, 7) is 16.2. The summed E-state index contributed by atoms with van der Waals surface area (Å²) in [6.07, 6.45) is 6.68. The fourth-order valence-electron chi connectivity index (χ4n) is 6.76. The van der Waals surface area contributed by atoms with Crippen molar-refractivity contribution in [3.8, 4) is 5.75 Å². The molecule has 0 radical (unpaired) electrons. The highest BCUT2D eigenvalue weighted by molar-refractivity contribution is 6.70. The lowest BCUT2D eigenvalue weighted by molar-refractivity contribution is -0.105. The van der Waals surface area contributed by atoms with Gasteiger partial charge in [-0.3, -0.25) is 0 Å². The number of hydrogen-bond acceptors (Lipinski definition) is 4. The van der Waals surface area contributed by atoms with Crippen molar-refractivity contribution in [1.29, 1.82) is 0 Å². The van der Waals surface area contributed by atoms with Gasteiger partial charge in [-0.05, 0) is 113 Å². The molecule has 4 rings (SSSR count). The normalized spacial score (nSPS) is 34.1. The molecule has 0 aromatic heterocycles. The molecule has 2 saturated carbocycles. The van der Waals surface area contributed by atoms with E-state index in [1.807, 2.05) is 0 Å². The van der Waals surface area contributed by atoms with Crippen molar-refractivity contribution in [3.63, 3.8) is 0 Å². The number of oxime groups is 1. The van der Waals surface area contributed by atoms with Crippen molar-refractivity contribution in [2.75, 3.05) is 7.11 Å². The van der Waals surface area contributed by atoms with Gasteiger partial charge in [-0.1, -0.05) is 18.1 Å². The third kappa shape index (κ3) is 4.04. The molecule has 1 aromatic rings. The molecule has 6 heteroatoms. The molecule has 4 atom stereocenters. The summed E-state index contributed by atoms with van der Waals surface area (Å²) in [5.74, 6) is 2.16. The van der Waals surface area contributed by atoms with Crippen LogP contribution in [0.15, 0.2) is 23.4 Å². The molecular formula is C25H41NO3Si2. The number of fused-ring (bicyclic) bond motifs is 5. The molecule has 0 N–H and O–H groups in total. The van der Waals surface area contributed by atoms with Crippen LogP contribution in [0.25, 0.3) is 0 Å². The Hall–Kier alpha value is -1.12. The zero-order chi connectivity index (χ0) is 22.7. The van der Waals surface area contributed by atoms with Crippen LogP contribution < -0.4 is 4.43 Å². The molecule has 0 amide bonds. The molecule has 3 aliphatic rings. The van der Waals surface area contributed by atoms with Crippen LogP contribution in [0.3, 0.4) is 0 Å². The van der Waals surface area contributed by atoms with E-state index in [1.165, 1.54) is 29.7 Å². The quantitative estimate of drug-likeness (QED) is 0.362. The molecule has 0 saturated heterocycles. The number of nitrogens with zero attached hydrogens (tertiary/aromatic N) is 1. The second-order valence-electron chi connectivity index (χ2n) is 12.0. The lowest BCUT2D eigenvalue weighted by Gasteiger charge is -2.58. The maximum Gasteiger partial charge on any atom is 0.242 e. The van der Waals surface area contributed by atoms with E-state index in [9.17, 15) is 0 Å². The van der Waals surface area contributed by atoms with Gasteiger partial charge in [-0.2, -0.15) is 0 Å². The first-order valence-electron chi connectivity index (χ1n) is 12.0. The summed E-state index contributed by atoms with van der Waals surface area (Å²) in [4.78, 5) is 5.29. The van der Waals surface area contributed by atoms with Gasteiger partial charge in [0, 0.05) is 5.41 Å². The topological polar surface area (TPSA) is 40.0 Å². The fraction of sp³-hybridized carbons (Fsp3) is 0.720. The predicted molar refractivity (Wildman–Crippen MR) is 133 cm³/mol. The molecule has 31 heavy (non-hydrogen) atoms. The molecule has 0 spiro atoms. The van der Waals surface area contributed by atoms with Crippen LogP contribution in [0.2, 0.25) is 39.3 Å². The average Bonchev–Trinajstić information content (AvgIpc) is 2.91. The first-order valence-corrected chi connectivity index (χ1v) is 18.8. The maximum atomic E-state index is 7.23.